The molecule has 0 radical (unpaired) electrons. The third-order valence-electron chi connectivity index (χ3n) is 2.59. The molecule has 0 spiro atoms. The van der Waals surface area contributed by atoms with E-state index in [1.54, 1.807) is 17.9 Å². The van der Waals surface area contributed by atoms with Gasteiger partial charge in [-0.1, -0.05) is 28.4 Å². The maximum Gasteiger partial charge on any atom is 0.140 e. The van der Waals surface area contributed by atoms with E-state index in [-0.39, 0.29) is 0 Å². The molecule has 2 rings (SSSR count). The van der Waals surface area contributed by atoms with Gasteiger partial charge in [0.2, 0.25) is 0 Å². The molecule has 1 aromatic heterocycles. The molecule has 0 saturated carbocycles. The number of aryl methyl sites for hydroxylation is 3. The number of halogens is 2. The fourth-order valence-electron chi connectivity index (χ4n) is 1.80. The predicted octanol–water partition coefficient (Wildman–Crippen LogP) is 2.92. The highest BCUT2D eigenvalue weighted by Crippen LogP contribution is 2.32. The van der Waals surface area contributed by atoms with Gasteiger partial charge in [0.1, 0.15) is 5.75 Å². The zero-order valence-corrected chi connectivity index (χ0v) is 11.7. The van der Waals surface area contributed by atoms with Crippen LogP contribution in [0.5, 0.6) is 5.75 Å². The van der Waals surface area contributed by atoms with Crippen molar-refractivity contribution in [1.82, 2.24) is 15.0 Å². The van der Waals surface area contributed by atoms with Gasteiger partial charge in [-0.15, -0.1) is 5.10 Å². The molecule has 1 aromatic carbocycles. The highest BCUT2D eigenvalue weighted by atomic mass is 35.5. The lowest BCUT2D eigenvalue weighted by atomic mass is 10.1. The Morgan fingerprint density at radius 1 is 1.28 bits per heavy atom. The molecule has 0 aliphatic heterocycles. The van der Waals surface area contributed by atoms with Crippen molar-refractivity contribution in [2.75, 3.05) is 7.11 Å². The van der Waals surface area contributed by atoms with E-state index in [1.165, 1.54) is 0 Å². The molecule has 2 aromatic rings. The van der Waals surface area contributed by atoms with Crippen LogP contribution in [0.1, 0.15) is 11.3 Å². The number of ether oxygens (including phenoxy) is 1. The average molecular weight is 286 g/mol. The smallest absolute Gasteiger partial charge is 0.140 e. The Hall–Kier alpha value is -1.26. The number of hydrogen-bond donors (Lipinski definition) is 0. The van der Waals surface area contributed by atoms with Gasteiger partial charge >= 0.3 is 0 Å². The van der Waals surface area contributed by atoms with Crippen LogP contribution in [0.2, 0.25) is 10.0 Å². The molecule has 0 N–H and O–H groups in total. The minimum atomic E-state index is 0.527. The van der Waals surface area contributed by atoms with Crippen molar-refractivity contribution in [2.45, 2.75) is 12.8 Å². The van der Waals surface area contributed by atoms with Crippen molar-refractivity contribution < 1.29 is 4.74 Å². The highest BCUT2D eigenvalue weighted by Gasteiger charge is 2.10. The first-order chi connectivity index (χ1) is 8.60. The Labute approximate surface area is 115 Å². The Bertz CT molecular complexity index is 554. The first-order valence-electron chi connectivity index (χ1n) is 5.47. The molecule has 0 unspecified atom stereocenters. The standard InChI is InChI=1S/C12H13Cl2N3O/c1-17-7-10(15-16-17)4-3-8-5-9(13)6-11(14)12(8)18-2/h5-7H,3-4H2,1-2H3. The van der Waals surface area contributed by atoms with Crippen molar-refractivity contribution >= 4 is 23.2 Å². The number of rotatable bonds is 4. The zero-order valence-electron chi connectivity index (χ0n) is 10.2. The van der Waals surface area contributed by atoms with Crippen LogP contribution < -0.4 is 4.74 Å². The van der Waals surface area contributed by atoms with Gasteiger partial charge < -0.3 is 4.74 Å². The number of hydrogen-bond acceptors (Lipinski definition) is 3. The number of nitrogens with zero attached hydrogens (tertiary/aromatic N) is 3. The maximum atomic E-state index is 6.08. The van der Waals surface area contributed by atoms with E-state index in [0.29, 0.717) is 15.8 Å². The summed E-state index contributed by atoms with van der Waals surface area (Å²) in [7, 11) is 3.44. The monoisotopic (exact) mass is 285 g/mol. The van der Waals surface area contributed by atoms with Crippen LogP contribution in [0.15, 0.2) is 18.3 Å². The molecule has 0 saturated heterocycles. The third kappa shape index (κ3) is 2.94. The van der Waals surface area contributed by atoms with E-state index in [9.17, 15) is 0 Å². The van der Waals surface area contributed by atoms with E-state index in [4.69, 9.17) is 27.9 Å². The fourth-order valence-corrected chi connectivity index (χ4v) is 2.41. The summed E-state index contributed by atoms with van der Waals surface area (Å²) in [6.07, 6.45) is 3.40. The Morgan fingerprint density at radius 3 is 2.67 bits per heavy atom. The van der Waals surface area contributed by atoms with Crippen LogP contribution >= 0.6 is 23.2 Å². The Kier molecular flexibility index (Phi) is 4.09. The molecular formula is C12H13Cl2N3O. The normalized spacial score (nSPS) is 10.7. The second-order valence-corrected chi connectivity index (χ2v) is 4.81. The molecule has 0 aliphatic rings. The summed E-state index contributed by atoms with van der Waals surface area (Å²) in [6, 6.07) is 3.54. The van der Waals surface area contributed by atoms with Crippen LogP contribution in [0, 0.1) is 0 Å². The first kappa shape index (κ1) is 13.2. The van der Waals surface area contributed by atoms with Gasteiger partial charge in [-0.25, -0.2) is 0 Å². The van der Waals surface area contributed by atoms with E-state index in [0.717, 1.165) is 24.1 Å². The molecule has 0 amide bonds. The van der Waals surface area contributed by atoms with Crippen molar-refractivity contribution in [2.24, 2.45) is 7.05 Å². The lowest BCUT2D eigenvalue weighted by Crippen LogP contribution is -1.97. The van der Waals surface area contributed by atoms with Gasteiger partial charge in [0, 0.05) is 18.3 Å². The van der Waals surface area contributed by atoms with Gasteiger partial charge in [0.15, 0.2) is 0 Å². The summed E-state index contributed by atoms with van der Waals surface area (Å²) in [5, 5.41) is 9.06. The highest BCUT2D eigenvalue weighted by molar-refractivity contribution is 6.35. The van der Waals surface area contributed by atoms with E-state index in [2.05, 4.69) is 10.3 Å². The van der Waals surface area contributed by atoms with Crippen molar-refractivity contribution in [3.63, 3.8) is 0 Å². The Balaban J connectivity index is 2.18. The molecule has 0 atom stereocenters. The number of aromatic nitrogens is 3. The van der Waals surface area contributed by atoms with Crippen LogP contribution in [0.25, 0.3) is 0 Å². The third-order valence-corrected chi connectivity index (χ3v) is 3.09. The molecule has 18 heavy (non-hydrogen) atoms. The second kappa shape index (κ2) is 5.59. The maximum absolute atomic E-state index is 6.08. The van der Waals surface area contributed by atoms with Crippen molar-refractivity contribution in [1.29, 1.82) is 0 Å². The summed E-state index contributed by atoms with van der Waals surface area (Å²) in [5.74, 6) is 0.671. The van der Waals surface area contributed by atoms with Crippen molar-refractivity contribution in [3.8, 4) is 5.75 Å². The van der Waals surface area contributed by atoms with Gasteiger partial charge in [0.05, 0.1) is 17.8 Å². The molecule has 0 aliphatic carbocycles. The molecule has 0 bridgehead atoms. The molecule has 0 fully saturated rings. The van der Waals surface area contributed by atoms with Crippen molar-refractivity contribution in [3.05, 3.63) is 39.6 Å². The molecule has 4 nitrogen and oxygen atoms in total. The summed E-state index contributed by atoms with van der Waals surface area (Å²) in [6.45, 7) is 0. The summed E-state index contributed by atoms with van der Waals surface area (Å²) in [4.78, 5) is 0. The van der Waals surface area contributed by atoms with E-state index < -0.39 is 0 Å². The molecule has 96 valence electrons. The SMILES string of the molecule is COc1c(Cl)cc(Cl)cc1CCc1cn(C)nn1. The Morgan fingerprint density at radius 2 is 2.06 bits per heavy atom. The second-order valence-electron chi connectivity index (χ2n) is 3.96. The zero-order chi connectivity index (χ0) is 13.1. The number of methoxy groups -OCH3 is 1. The quantitative estimate of drug-likeness (QED) is 0.867. The molecule has 1 heterocycles. The summed E-state index contributed by atoms with van der Waals surface area (Å²) < 4.78 is 6.97. The lowest BCUT2D eigenvalue weighted by molar-refractivity contribution is 0.410. The minimum absolute atomic E-state index is 0.527. The molecule has 6 heteroatoms. The largest absolute Gasteiger partial charge is 0.495 e. The topological polar surface area (TPSA) is 39.9 Å². The van der Waals surface area contributed by atoms with Crippen LogP contribution in [-0.2, 0) is 19.9 Å². The predicted molar refractivity (Wildman–Crippen MR) is 71.4 cm³/mol. The summed E-state index contributed by atoms with van der Waals surface area (Å²) in [5.41, 5.74) is 1.90. The first-order valence-corrected chi connectivity index (χ1v) is 6.23. The van der Waals surface area contributed by atoms with Crippen LogP contribution in [-0.4, -0.2) is 22.1 Å². The van der Waals surface area contributed by atoms with E-state index in [1.807, 2.05) is 19.3 Å². The van der Waals surface area contributed by atoms with Crippen LogP contribution in [0.3, 0.4) is 0 Å². The summed E-state index contributed by atoms with van der Waals surface area (Å²) >= 11 is 12.1. The minimum Gasteiger partial charge on any atom is -0.495 e. The lowest BCUT2D eigenvalue weighted by Gasteiger charge is -2.10. The fraction of sp³-hybridized carbons (Fsp3) is 0.333. The van der Waals surface area contributed by atoms with Gasteiger partial charge in [-0.3, -0.25) is 4.68 Å². The van der Waals surface area contributed by atoms with Gasteiger partial charge in [0.25, 0.3) is 0 Å². The number of benzene rings is 1. The van der Waals surface area contributed by atoms with Crippen LogP contribution in [0.4, 0.5) is 0 Å². The average Bonchev–Trinajstić information content (AvgIpc) is 2.72. The van der Waals surface area contributed by atoms with E-state index >= 15 is 0 Å². The van der Waals surface area contributed by atoms with Gasteiger partial charge in [-0.2, -0.15) is 0 Å². The molecular weight excluding hydrogens is 273 g/mol. The van der Waals surface area contributed by atoms with Gasteiger partial charge in [-0.05, 0) is 30.5 Å².